The van der Waals surface area contributed by atoms with Crippen LogP contribution in [0.2, 0.25) is 0 Å². The molecule has 0 bridgehead atoms. The molecule has 10 rings (SSSR count). The van der Waals surface area contributed by atoms with Crippen LogP contribution in [-0.2, 0) is 6.54 Å². The molecule has 1 aliphatic rings. The molecular formula is C48H31N3O. The van der Waals surface area contributed by atoms with Crippen molar-refractivity contribution in [1.82, 2.24) is 0 Å². The predicted octanol–water partition coefficient (Wildman–Crippen LogP) is 12.3. The summed E-state index contributed by atoms with van der Waals surface area (Å²) in [6.45, 7) is 4.46. The molecule has 0 radical (unpaired) electrons. The number of hydrogen-bond donors (Lipinski definition) is 0. The number of benzene rings is 8. The van der Waals surface area contributed by atoms with Gasteiger partial charge in [0.2, 0.25) is 0 Å². The van der Waals surface area contributed by atoms with Gasteiger partial charge in [-0.05, 0) is 91.5 Å². The molecule has 0 N–H and O–H groups in total. The van der Waals surface area contributed by atoms with Crippen molar-refractivity contribution in [2.45, 2.75) is 6.54 Å². The lowest BCUT2D eigenvalue weighted by Gasteiger charge is -2.10. The fourth-order valence-electron chi connectivity index (χ4n) is 7.79. The Morgan fingerprint density at radius 1 is 0.500 bits per heavy atom. The molecule has 0 aliphatic heterocycles. The number of rotatable bonds is 5. The highest BCUT2D eigenvalue weighted by molar-refractivity contribution is 6.23. The van der Waals surface area contributed by atoms with E-state index in [0.29, 0.717) is 18.2 Å². The maximum atomic E-state index is 6.57. The number of fused-ring (bicyclic) bond motifs is 7. The standard InChI is InChI=1S/C48H31N3O/c1-49-48(51-47(50-29-30-11-3-2-4-12-30)34-22-21-31-13-5-6-14-32(31)27-34)42-19-10-20-43-46(42)41-24-23-33(28-44(41)52-43)35-25-26-40-37-16-8-7-15-36(37)39-18-9-17-38(35)45(39)40/h2-28H,1,29H2/b50-47-,51-48-. The summed E-state index contributed by atoms with van der Waals surface area (Å²) in [6.07, 6.45) is 0. The van der Waals surface area contributed by atoms with Crippen LogP contribution in [0.4, 0.5) is 0 Å². The first-order valence-corrected chi connectivity index (χ1v) is 17.5. The Hall–Kier alpha value is -6.91. The topological polar surface area (TPSA) is 50.2 Å². The molecule has 4 heteroatoms. The van der Waals surface area contributed by atoms with E-state index in [2.05, 4.69) is 133 Å². The molecule has 1 aromatic heterocycles. The van der Waals surface area contributed by atoms with Gasteiger partial charge in [-0.25, -0.2) is 9.98 Å². The quantitative estimate of drug-likeness (QED) is 0.133. The van der Waals surface area contributed by atoms with Crippen molar-refractivity contribution in [3.63, 3.8) is 0 Å². The Bertz CT molecular complexity index is 2920. The van der Waals surface area contributed by atoms with Gasteiger partial charge >= 0.3 is 0 Å². The number of furan rings is 1. The first-order chi connectivity index (χ1) is 25.7. The summed E-state index contributed by atoms with van der Waals surface area (Å²) < 4.78 is 6.57. The molecule has 0 saturated heterocycles. The molecule has 244 valence electrons. The molecule has 9 aromatic rings. The van der Waals surface area contributed by atoms with Gasteiger partial charge in [0, 0.05) is 21.9 Å². The van der Waals surface area contributed by atoms with Gasteiger partial charge in [-0.3, -0.25) is 4.99 Å². The molecular weight excluding hydrogens is 635 g/mol. The van der Waals surface area contributed by atoms with Gasteiger partial charge < -0.3 is 4.42 Å². The highest BCUT2D eigenvalue weighted by atomic mass is 16.3. The molecule has 8 aromatic carbocycles. The van der Waals surface area contributed by atoms with Crippen LogP contribution >= 0.6 is 0 Å². The van der Waals surface area contributed by atoms with Crippen molar-refractivity contribution in [2.24, 2.45) is 15.0 Å². The van der Waals surface area contributed by atoms with E-state index in [1.807, 2.05) is 42.5 Å². The highest BCUT2D eigenvalue weighted by Crippen LogP contribution is 2.49. The predicted molar refractivity (Wildman–Crippen MR) is 218 cm³/mol. The first-order valence-electron chi connectivity index (χ1n) is 17.5. The van der Waals surface area contributed by atoms with Gasteiger partial charge in [-0.1, -0.05) is 140 Å². The van der Waals surface area contributed by atoms with E-state index in [1.54, 1.807) is 0 Å². The Morgan fingerprint density at radius 3 is 2.08 bits per heavy atom. The lowest BCUT2D eigenvalue weighted by molar-refractivity contribution is 0.669. The minimum absolute atomic E-state index is 0.488. The van der Waals surface area contributed by atoms with Crippen LogP contribution in [0.3, 0.4) is 0 Å². The number of aliphatic imine (C=N–C) groups is 3. The summed E-state index contributed by atoms with van der Waals surface area (Å²) >= 11 is 0. The van der Waals surface area contributed by atoms with Crippen molar-refractivity contribution in [3.8, 4) is 33.4 Å². The lowest BCUT2D eigenvalue weighted by Crippen LogP contribution is -2.06. The van der Waals surface area contributed by atoms with Crippen LogP contribution in [0.25, 0.3) is 76.9 Å². The van der Waals surface area contributed by atoms with Gasteiger partial charge in [-0.15, -0.1) is 0 Å². The SMILES string of the molecule is C=N/C(=N\C(=N/Cc1ccccc1)c1ccc2ccccc2c1)c1cccc2oc3cc(-c4ccc5c6c(cccc46)-c4ccccc4-5)ccc3c12. The smallest absolute Gasteiger partial charge is 0.161 e. The minimum Gasteiger partial charge on any atom is -0.456 e. The third kappa shape index (κ3) is 4.88. The second-order valence-corrected chi connectivity index (χ2v) is 13.2. The van der Waals surface area contributed by atoms with Crippen molar-refractivity contribution < 1.29 is 4.42 Å². The zero-order chi connectivity index (χ0) is 34.6. The van der Waals surface area contributed by atoms with Crippen molar-refractivity contribution in [1.29, 1.82) is 0 Å². The molecule has 52 heavy (non-hydrogen) atoms. The molecule has 4 nitrogen and oxygen atoms in total. The van der Waals surface area contributed by atoms with E-state index < -0.39 is 0 Å². The van der Waals surface area contributed by atoms with Crippen molar-refractivity contribution >= 4 is 61.9 Å². The van der Waals surface area contributed by atoms with Gasteiger partial charge in [0.25, 0.3) is 0 Å². The molecule has 0 amide bonds. The molecule has 0 spiro atoms. The van der Waals surface area contributed by atoms with Crippen LogP contribution in [0.5, 0.6) is 0 Å². The molecule has 1 aliphatic carbocycles. The second-order valence-electron chi connectivity index (χ2n) is 13.2. The lowest BCUT2D eigenvalue weighted by atomic mass is 9.93. The maximum absolute atomic E-state index is 6.57. The molecule has 0 unspecified atom stereocenters. The largest absolute Gasteiger partial charge is 0.456 e. The monoisotopic (exact) mass is 665 g/mol. The fourth-order valence-corrected chi connectivity index (χ4v) is 7.79. The van der Waals surface area contributed by atoms with Gasteiger partial charge in [0.1, 0.15) is 11.2 Å². The van der Waals surface area contributed by atoms with Crippen LogP contribution in [0.15, 0.2) is 183 Å². The van der Waals surface area contributed by atoms with E-state index in [1.165, 1.54) is 38.6 Å². The zero-order valence-electron chi connectivity index (χ0n) is 28.3. The van der Waals surface area contributed by atoms with Crippen LogP contribution in [-0.4, -0.2) is 18.4 Å². The fraction of sp³-hybridized carbons (Fsp3) is 0.0208. The highest BCUT2D eigenvalue weighted by Gasteiger charge is 2.23. The van der Waals surface area contributed by atoms with Gasteiger partial charge in [0.15, 0.2) is 11.7 Å². The van der Waals surface area contributed by atoms with Crippen molar-refractivity contribution in [3.05, 3.63) is 180 Å². The molecule has 1 heterocycles. The van der Waals surface area contributed by atoms with Crippen molar-refractivity contribution in [2.75, 3.05) is 0 Å². The van der Waals surface area contributed by atoms with Gasteiger partial charge in [-0.2, -0.15) is 0 Å². The Kier molecular flexibility index (Phi) is 7.00. The Labute approximate surface area is 300 Å². The second kappa shape index (κ2) is 12.1. The molecule has 0 saturated carbocycles. The summed E-state index contributed by atoms with van der Waals surface area (Å²) in [4.78, 5) is 14.7. The zero-order valence-corrected chi connectivity index (χ0v) is 28.3. The van der Waals surface area contributed by atoms with E-state index in [0.717, 1.165) is 55.0 Å². The first kappa shape index (κ1) is 30.0. The minimum atomic E-state index is 0.488. The van der Waals surface area contributed by atoms with Crippen LogP contribution < -0.4 is 0 Å². The van der Waals surface area contributed by atoms with E-state index >= 15 is 0 Å². The number of amidine groups is 2. The number of hydrogen-bond acceptors (Lipinski definition) is 2. The van der Waals surface area contributed by atoms with E-state index in [-0.39, 0.29) is 0 Å². The molecule has 0 atom stereocenters. The summed E-state index contributed by atoms with van der Waals surface area (Å²) in [6, 6.07) is 57.2. The third-order valence-corrected chi connectivity index (χ3v) is 10.2. The summed E-state index contributed by atoms with van der Waals surface area (Å²) in [5.74, 6) is 1.09. The third-order valence-electron chi connectivity index (χ3n) is 10.2. The summed E-state index contributed by atoms with van der Waals surface area (Å²) in [5.41, 5.74) is 11.9. The normalized spacial score (nSPS) is 12.6. The van der Waals surface area contributed by atoms with E-state index in [9.17, 15) is 0 Å². The van der Waals surface area contributed by atoms with Crippen LogP contribution in [0, 0.1) is 0 Å². The average Bonchev–Trinajstić information content (AvgIpc) is 3.75. The average molecular weight is 666 g/mol. The van der Waals surface area contributed by atoms with Gasteiger partial charge in [0.05, 0.1) is 6.54 Å². The Balaban J connectivity index is 1.10. The van der Waals surface area contributed by atoms with Crippen LogP contribution in [0.1, 0.15) is 16.7 Å². The Morgan fingerprint density at radius 2 is 1.23 bits per heavy atom. The molecule has 0 fully saturated rings. The maximum Gasteiger partial charge on any atom is 0.161 e. The number of nitrogens with zero attached hydrogens (tertiary/aromatic N) is 3. The summed E-state index contributed by atoms with van der Waals surface area (Å²) in [5, 5.41) is 6.78. The summed E-state index contributed by atoms with van der Waals surface area (Å²) in [7, 11) is 0. The van der Waals surface area contributed by atoms with E-state index in [4.69, 9.17) is 14.4 Å².